The second kappa shape index (κ2) is 4.21. The maximum atomic E-state index is 12.3. The molecule has 2 aliphatic heterocycles. The molecule has 0 aromatic heterocycles. The molecule has 1 saturated heterocycles. The molecule has 9 heteroatoms. The lowest BCUT2D eigenvalue weighted by molar-refractivity contribution is -0.261. The summed E-state index contributed by atoms with van der Waals surface area (Å²) in [6.45, 7) is -0.546. The minimum atomic E-state index is -1.20. The Labute approximate surface area is 117 Å². The van der Waals surface area contributed by atoms with Crippen molar-refractivity contribution >= 4 is 23.7 Å². The molecule has 0 spiro atoms. The number of rotatable bonds is 4. The summed E-state index contributed by atoms with van der Waals surface area (Å²) in [5, 5.41) is 21.7. The molecule has 0 bridgehead atoms. The summed E-state index contributed by atoms with van der Waals surface area (Å²) < 4.78 is -0.978. The SMILES string of the molecule is O=C(O)CNC1=C(O)C(=O)[N+]2(c3ccccc3)C(=O)ON12. The average molecular weight is 292 g/mol. The number of amides is 2. The van der Waals surface area contributed by atoms with Crippen LogP contribution in [-0.4, -0.2) is 39.9 Å². The molecule has 2 heterocycles. The van der Waals surface area contributed by atoms with Gasteiger partial charge in [-0.05, 0) is 0 Å². The van der Waals surface area contributed by atoms with Gasteiger partial charge in [-0.25, -0.2) is 9.63 Å². The molecule has 1 aromatic rings. The molecule has 1 atom stereocenters. The van der Waals surface area contributed by atoms with E-state index >= 15 is 0 Å². The molecule has 108 valence electrons. The van der Waals surface area contributed by atoms with Crippen LogP contribution >= 0.6 is 0 Å². The van der Waals surface area contributed by atoms with Gasteiger partial charge in [0.05, 0.1) is 0 Å². The Morgan fingerprint density at radius 2 is 1.95 bits per heavy atom. The normalized spacial score (nSPS) is 23.5. The summed E-state index contributed by atoms with van der Waals surface area (Å²) in [5.41, 5.74) is 0.275. The van der Waals surface area contributed by atoms with E-state index in [1.54, 1.807) is 18.2 Å². The first-order valence-corrected chi connectivity index (χ1v) is 5.91. The van der Waals surface area contributed by atoms with Crippen LogP contribution in [0, 0.1) is 0 Å². The number of quaternary nitrogens is 1. The van der Waals surface area contributed by atoms with Crippen molar-refractivity contribution in [3.05, 3.63) is 41.9 Å². The van der Waals surface area contributed by atoms with Gasteiger partial charge in [0.1, 0.15) is 6.54 Å². The molecule has 2 aliphatic rings. The molecule has 0 radical (unpaired) electrons. The fourth-order valence-electron chi connectivity index (χ4n) is 2.22. The number of nitrogens with one attached hydrogen (secondary N) is 1. The number of carboxylic acids is 1. The molecule has 0 saturated carbocycles. The fraction of sp³-hybridized carbons (Fsp3) is 0.0833. The minimum absolute atomic E-state index is 0.258. The highest BCUT2D eigenvalue weighted by Gasteiger charge is 2.74. The highest BCUT2D eigenvalue weighted by atomic mass is 16.8. The van der Waals surface area contributed by atoms with Gasteiger partial charge in [0.15, 0.2) is 5.69 Å². The molecule has 3 rings (SSSR count). The van der Waals surface area contributed by atoms with Crippen molar-refractivity contribution < 1.29 is 29.4 Å². The number of hydrogen-bond acceptors (Lipinski definition) is 7. The zero-order valence-corrected chi connectivity index (χ0v) is 10.5. The van der Waals surface area contributed by atoms with Crippen molar-refractivity contribution in [1.29, 1.82) is 0 Å². The first-order chi connectivity index (χ1) is 9.99. The molecule has 21 heavy (non-hydrogen) atoms. The number of carbonyl (C=O) groups is 3. The Kier molecular flexibility index (Phi) is 2.60. The van der Waals surface area contributed by atoms with E-state index in [2.05, 4.69) is 5.32 Å². The first-order valence-electron chi connectivity index (χ1n) is 5.91. The Balaban J connectivity index is 2.02. The summed E-state index contributed by atoms with van der Waals surface area (Å²) >= 11 is 0. The van der Waals surface area contributed by atoms with Crippen LogP contribution in [0.5, 0.6) is 0 Å². The van der Waals surface area contributed by atoms with Crippen LogP contribution in [-0.2, 0) is 14.4 Å². The summed E-state index contributed by atoms with van der Waals surface area (Å²) in [4.78, 5) is 39.5. The molecule has 3 N–H and O–H groups in total. The number of aliphatic hydroxyl groups is 1. The van der Waals surface area contributed by atoms with Gasteiger partial charge in [-0.1, -0.05) is 18.2 Å². The molecule has 1 fully saturated rings. The van der Waals surface area contributed by atoms with E-state index in [9.17, 15) is 19.5 Å². The standard InChI is InChI=1S/C12H9N3O6/c16-8(17)6-13-10-9(18)11(19)15(12(20)21-14(10)15)7-4-2-1-3-5-7/h1-5H,6H2,(H2-,13,16,17,18,19)/p+1. The lowest BCUT2D eigenvalue weighted by atomic mass is 10.2. The highest BCUT2D eigenvalue weighted by molar-refractivity contribution is 6.16. The van der Waals surface area contributed by atoms with E-state index in [-0.39, 0.29) is 11.5 Å². The molecule has 1 aromatic carbocycles. The number of fused-ring (bicyclic) bond motifs is 1. The summed E-state index contributed by atoms with van der Waals surface area (Å²) in [5.74, 6) is -3.12. The topological polar surface area (TPSA) is 116 Å². The van der Waals surface area contributed by atoms with E-state index in [1.165, 1.54) is 12.1 Å². The smallest absolute Gasteiger partial charge is 0.497 e. The zero-order chi connectivity index (χ0) is 15.2. The Morgan fingerprint density at radius 3 is 2.52 bits per heavy atom. The number of carbonyl (C=O) groups excluding carboxylic acids is 2. The highest BCUT2D eigenvalue weighted by Crippen LogP contribution is 2.43. The van der Waals surface area contributed by atoms with Gasteiger partial charge < -0.3 is 15.5 Å². The van der Waals surface area contributed by atoms with Crippen LogP contribution in [0.3, 0.4) is 0 Å². The van der Waals surface area contributed by atoms with Crippen molar-refractivity contribution in [3.63, 3.8) is 0 Å². The molecular weight excluding hydrogens is 282 g/mol. The van der Waals surface area contributed by atoms with Crippen LogP contribution in [0.4, 0.5) is 10.5 Å². The lowest BCUT2D eigenvalue weighted by Gasteiger charge is -2.40. The second-order valence-corrected chi connectivity index (χ2v) is 4.35. The second-order valence-electron chi connectivity index (χ2n) is 4.35. The predicted molar refractivity (Wildman–Crippen MR) is 66.9 cm³/mol. The number of aliphatic hydroxyl groups excluding tert-OH is 1. The maximum Gasteiger partial charge on any atom is 0.587 e. The van der Waals surface area contributed by atoms with E-state index in [1.807, 2.05) is 0 Å². The van der Waals surface area contributed by atoms with Crippen LogP contribution in [0.1, 0.15) is 0 Å². The zero-order valence-electron chi connectivity index (χ0n) is 10.5. The number of para-hydroxylation sites is 1. The van der Waals surface area contributed by atoms with Gasteiger partial charge in [-0.2, -0.15) is 4.79 Å². The van der Waals surface area contributed by atoms with E-state index < -0.39 is 34.9 Å². The van der Waals surface area contributed by atoms with Gasteiger partial charge in [-0.3, -0.25) is 4.79 Å². The monoisotopic (exact) mass is 292 g/mol. The van der Waals surface area contributed by atoms with Gasteiger partial charge in [0.25, 0.3) is 11.6 Å². The van der Waals surface area contributed by atoms with E-state index in [4.69, 9.17) is 9.94 Å². The minimum Gasteiger partial charge on any atom is -0.497 e. The number of hydroxylamine groups is 1. The van der Waals surface area contributed by atoms with Crippen LogP contribution in [0.2, 0.25) is 0 Å². The van der Waals surface area contributed by atoms with Gasteiger partial charge >= 0.3 is 18.0 Å². The molecule has 1 unspecified atom stereocenters. The number of carboxylic acid groups (broad SMARTS) is 1. The Hall–Kier alpha value is -3.07. The largest absolute Gasteiger partial charge is 0.587 e. The average Bonchev–Trinajstić information content (AvgIpc) is 2.63. The number of imide groups is 1. The third-order valence-electron chi connectivity index (χ3n) is 3.15. The summed E-state index contributed by atoms with van der Waals surface area (Å²) in [6, 6.07) is 8.00. The number of aliphatic carboxylic acids is 1. The van der Waals surface area contributed by atoms with Crippen molar-refractivity contribution in [2.75, 3.05) is 6.54 Å². The molecule has 0 aliphatic carbocycles. The quantitative estimate of drug-likeness (QED) is 0.675. The molecular formula is C12H10N3O6+. The number of nitrogens with zero attached hydrogens (tertiary/aromatic N) is 2. The fourth-order valence-corrected chi connectivity index (χ4v) is 2.22. The predicted octanol–water partition coefficient (Wildman–Crippen LogP) is 0.218. The maximum absolute atomic E-state index is 12.3. The van der Waals surface area contributed by atoms with Crippen molar-refractivity contribution in [3.8, 4) is 0 Å². The number of hydrogen-bond donors (Lipinski definition) is 3. The first kappa shape index (κ1) is 12.9. The van der Waals surface area contributed by atoms with Crippen molar-refractivity contribution in [2.45, 2.75) is 0 Å². The third kappa shape index (κ3) is 1.51. The van der Waals surface area contributed by atoms with Crippen LogP contribution in [0.15, 0.2) is 41.9 Å². The third-order valence-corrected chi connectivity index (χ3v) is 3.15. The lowest BCUT2D eigenvalue weighted by Crippen LogP contribution is -2.75. The summed E-state index contributed by atoms with van der Waals surface area (Å²) in [6.07, 6.45) is -0.884. The Morgan fingerprint density at radius 1 is 1.29 bits per heavy atom. The number of benzene rings is 1. The van der Waals surface area contributed by atoms with E-state index in [0.29, 0.717) is 0 Å². The van der Waals surface area contributed by atoms with Gasteiger partial charge in [-0.15, -0.1) is 0 Å². The van der Waals surface area contributed by atoms with Gasteiger partial charge in [0, 0.05) is 21.9 Å². The van der Waals surface area contributed by atoms with Crippen molar-refractivity contribution in [1.82, 2.24) is 15.1 Å². The molecule has 9 nitrogen and oxygen atoms in total. The summed E-state index contributed by atoms with van der Waals surface area (Å²) in [7, 11) is 0. The van der Waals surface area contributed by atoms with Crippen LogP contribution in [0.25, 0.3) is 0 Å². The van der Waals surface area contributed by atoms with E-state index in [0.717, 1.165) is 5.17 Å². The van der Waals surface area contributed by atoms with Gasteiger partial charge in [0.2, 0.25) is 0 Å². The Bertz CT molecular complexity index is 685. The van der Waals surface area contributed by atoms with Crippen molar-refractivity contribution in [2.24, 2.45) is 0 Å². The van der Waals surface area contributed by atoms with Crippen LogP contribution < -0.4 is 9.91 Å². The molecule has 2 amide bonds.